The zero-order chi connectivity index (χ0) is 21.9. The third-order valence-corrected chi connectivity index (χ3v) is 6.86. The Labute approximate surface area is 184 Å². The van der Waals surface area contributed by atoms with Crippen LogP contribution in [0.15, 0.2) is 47.4 Å². The topological polar surface area (TPSA) is 97.4 Å². The number of sulfonamides is 1. The smallest absolute Gasteiger partial charge is 0.261 e. The number of aromatic nitrogens is 1. The van der Waals surface area contributed by atoms with Gasteiger partial charge in [0.05, 0.1) is 27.8 Å². The number of halogens is 1. The summed E-state index contributed by atoms with van der Waals surface area (Å²) in [5, 5.41) is 3.22. The predicted octanol–water partition coefficient (Wildman–Crippen LogP) is 4.87. The van der Waals surface area contributed by atoms with Crippen LogP contribution in [0.1, 0.15) is 27.9 Å². The molecule has 0 saturated carbocycles. The van der Waals surface area contributed by atoms with Gasteiger partial charge in [0, 0.05) is 10.6 Å². The maximum Gasteiger partial charge on any atom is 0.261 e. The molecule has 0 atom stereocenters. The number of nitrogens with zero attached hydrogens (tertiary/aromatic N) is 1. The predicted molar refractivity (Wildman–Crippen MR) is 119 cm³/mol. The fourth-order valence-electron chi connectivity index (χ4n) is 2.54. The van der Waals surface area contributed by atoms with Crippen molar-refractivity contribution in [3.05, 3.63) is 63.6 Å². The summed E-state index contributed by atoms with van der Waals surface area (Å²) in [5.41, 5.74) is 1.22. The normalized spacial score (nSPS) is 11.2. The summed E-state index contributed by atoms with van der Waals surface area (Å²) < 4.78 is 33.4. The summed E-state index contributed by atoms with van der Waals surface area (Å²) in [5.74, 6) is 0.102. The number of anilines is 2. The van der Waals surface area contributed by atoms with Gasteiger partial charge in [-0.1, -0.05) is 11.6 Å². The molecule has 158 valence electrons. The van der Waals surface area contributed by atoms with E-state index in [1.165, 1.54) is 29.5 Å². The van der Waals surface area contributed by atoms with E-state index >= 15 is 0 Å². The summed E-state index contributed by atoms with van der Waals surface area (Å²) in [6.07, 6.45) is 0. The zero-order valence-electron chi connectivity index (χ0n) is 16.5. The highest BCUT2D eigenvalue weighted by Crippen LogP contribution is 2.26. The molecule has 1 amide bonds. The fourth-order valence-corrected chi connectivity index (χ4v) is 4.63. The summed E-state index contributed by atoms with van der Waals surface area (Å²) in [6, 6.07) is 10.5. The van der Waals surface area contributed by atoms with E-state index in [4.69, 9.17) is 16.3 Å². The minimum atomic E-state index is -3.93. The van der Waals surface area contributed by atoms with Crippen LogP contribution in [0.2, 0.25) is 5.02 Å². The van der Waals surface area contributed by atoms with E-state index in [1.54, 1.807) is 24.3 Å². The standard InChI is InChI=1S/C20H20ClN3O4S2/c1-4-28-15-7-5-14(6-8-15)24-30(26,27)16-9-10-18(21)17(11-16)19(25)23-20-22-12(2)13(3)29-20/h5-11,24H,4H2,1-3H3,(H,22,23,25). The van der Waals surface area contributed by atoms with Gasteiger partial charge < -0.3 is 4.74 Å². The lowest BCUT2D eigenvalue weighted by Crippen LogP contribution is -2.16. The minimum Gasteiger partial charge on any atom is -0.494 e. The second-order valence-corrected chi connectivity index (χ2v) is 9.61. The van der Waals surface area contributed by atoms with Crippen molar-refractivity contribution >= 4 is 49.7 Å². The van der Waals surface area contributed by atoms with Gasteiger partial charge in [0.15, 0.2) is 5.13 Å². The van der Waals surface area contributed by atoms with E-state index < -0.39 is 15.9 Å². The number of benzene rings is 2. The van der Waals surface area contributed by atoms with Crippen molar-refractivity contribution < 1.29 is 17.9 Å². The van der Waals surface area contributed by atoms with Gasteiger partial charge in [0.1, 0.15) is 5.75 Å². The van der Waals surface area contributed by atoms with E-state index in [-0.39, 0.29) is 15.5 Å². The minimum absolute atomic E-state index is 0.0386. The molecule has 7 nitrogen and oxygen atoms in total. The molecule has 30 heavy (non-hydrogen) atoms. The van der Waals surface area contributed by atoms with E-state index in [2.05, 4.69) is 15.0 Å². The van der Waals surface area contributed by atoms with Crippen LogP contribution < -0.4 is 14.8 Å². The molecule has 0 bridgehead atoms. The van der Waals surface area contributed by atoms with Crippen molar-refractivity contribution in [2.45, 2.75) is 25.7 Å². The third kappa shape index (κ3) is 5.10. The molecule has 10 heteroatoms. The second-order valence-electron chi connectivity index (χ2n) is 6.32. The Balaban J connectivity index is 1.82. The molecule has 1 aromatic heterocycles. The maximum atomic E-state index is 12.8. The molecule has 0 aliphatic heterocycles. The maximum absolute atomic E-state index is 12.8. The van der Waals surface area contributed by atoms with Crippen LogP contribution in [-0.4, -0.2) is 25.9 Å². The first-order valence-corrected chi connectivity index (χ1v) is 11.7. The van der Waals surface area contributed by atoms with Gasteiger partial charge in [-0.2, -0.15) is 0 Å². The summed E-state index contributed by atoms with van der Waals surface area (Å²) >= 11 is 7.48. The number of aryl methyl sites for hydroxylation is 2. The molecule has 0 aliphatic rings. The Hall–Kier alpha value is -2.62. The molecule has 0 aliphatic carbocycles. The third-order valence-electron chi connectivity index (χ3n) is 4.16. The van der Waals surface area contributed by atoms with Crippen LogP contribution in [0, 0.1) is 13.8 Å². The van der Waals surface area contributed by atoms with E-state index in [9.17, 15) is 13.2 Å². The molecule has 3 rings (SSSR count). The molecule has 0 fully saturated rings. The SMILES string of the molecule is CCOc1ccc(NS(=O)(=O)c2ccc(Cl)c(C(=O)Nc3nc(C)c(C)s3)c2)cc1. The molecule has 1 heterocycles. The number of hydrogen-bond donors (Lipinski definition) is 2. The van der Waals surface area contributed by atoms with Crippen molar-refractivity contribution in [2.24, 2.45) is 0 Å². The highest BCUT2D eigenvalue weighted by Gasteiger charge is 2.20. The average molecular weight is 466 g/mol. The number of thiazole rings is 1. The van der Waals surface area contributed by atoms with Crippen LogP contribution in [-0.2, 0) is 10.0 Å². The molecule has 2 aromatic carbocycles. The monoisotopic (exact) mass is 465 g/mol. The number of rotatable bonds is 7. The first kappa shape index (κ1) is 22.1. The quantitative estimate of drug-likeness (QED) is 0.519. The number of carbonyl (C=O) groups excluding carboxylic acids is 1. The first-order valence-electron chi connectivity index (χ1n) is 9.00. The van der Waals surface area contributed by atoms with Crippen LogP contribution in [0.25, 0.3) is 0 Å². The molecule has 0 saturated heterocycles. The molecule has 0 unspecified atom stereocenters. The first-order chi connectivity index (χ1) is 14.2. The average Bonchev–Trinajstić information content (AvgIpc) is 3.00. The molecule has 3 aromatic rings. The van der Waals surface area contributed by atoms with Gasteiger partial charge in [0.25, 0.3) is 15.9 Å². The molecular formula is C20H20ClN3O4S2. The van der Waals surface area contributed by atoms with Crippen LogP contribution in [0.3, 0.4) is 0 Å². The highest BCUT2D eigenvalue weighted by atomic mass is 35.5. The van der Waals surface area contributed by atoms with Crippen molar-refractivity contribution in [1.29, 1.82) is 0 Å². The summed E-state index contributed by atoms with van der Waals surface area (Å²) in [4.78, 5) is 17.8. The Morgan fingerprint density at radius 3 is 2.47 bits per heavy atom. The lowest BCUT2D eigenvalue weighted by molar-refractivity contribution is 0.102. The van der Waals surface area contributed by atoms with E-state index in [1.807, 2.05) is 20.8 Å². The number of carbonyl (C=O) groups is 1. The van der Waals surface area contributed by atoms with Gasteiger partial charge in [0.2, 0.25) is 0 Å². The number of nitrogens with one attached hydrogen (secondary N) is 2. The lowest BCUT2D eigenvalue weighted by Gasteiger charge is -2.11. The van der Waals surface area contributed by atoms with Gasteiger partial charge in [-0.3, -0.25) is 14.8 Å². The van der Waals surface area contributed by atoms with Gasteiger partial charge in [-0.05, 0) is 63.2 Å². The number of ether oxygens (including phenoxy) is 1. The second kappa shape index (κ2) is 9.03. The fraction of sp³-hybridized carbons (Fsp3) is 0.200. The number of hydrogen-bond acceptors (Lipinski definition) is 6. The molecule has 0 spiro atoms. The largest absolute Gasteiger partial charge is 0.494 e. The van der Waals surface area contributed by atoms with Crippen LogP contribution in [0.5, 0.6) is 5.75 Å². The molecule has 2 N–H and O–H groups in total. The van der Waals surface area contributed by atoms with Crippen LogP contribution in [0.4, 0.5) is 10.8 Å². The Morgan fingerprint density at radius 1 is 1.17 bits per heavy atom. The summed E-state index contributed by atoms with van der Waals surface area (Å²) in [7, 11) is -3.93. The highest BCUT2D eigenvalue weighted by molar-refractivity contribution is 7.92. The lowest BCUT2D eigenvalue weighted by atomic mass is 10.2. The Kier molecular flexibility index (Phi) is 6.64. The summed E-state index contributed by atoms with van der Waals surface area (Å²) in [6.45, 7) is 6.12. The Morgan fingerprint density at radius 2 is 1.87 bits per heavy atom. The molecule has 0 radical (unpaired) electrons. The van der Waals surface area contributed by atoms with Gasteiger partial charge >= 0.3 is 0 Å². The zero-order valence-corrected chi connectivity index (χ0v) is 18.9. The van der Waals surface area contributed by atoms with Crippen molar-refractivity contribution in [3.8, 4) is 5.75 Å². The van der Waals surface area contributed by atoms with Crippen molar-refractivity contribution in [3.63, 3.8) is 0 Å². The van der Waals surface area contributed by atoms with E-state index in [0.717, 1.165) is 10.6 Å². The Bertz CT molecular complexity index is 1160. The van der Waals surface area contributed by atoms with Crippen LogP contribution >= 0.6 is 22.9 Å². The van der Waals surface area contributed by atoms with Gasteiger partial charge in [-0.25, -0.2) is 13.4 Å². The van der Waals surface area contributed by atoms with Crippen molar-refractivity contribution in [2.75, 3.05) is 16.6 Å². The van der Waals surface area contributed by atoms with Gasteiger partial charge in [-0.15, -0.1) is 11.3 Å². The molecular weight excluding hydrogens is 446 g/mol. The van der Waals surface area contributed by atoms with Crippen molar-refractivity contribution in [1.82, 2.24) is 4.98 Å². The van der Waals surface area contributed by atoms with E-state index in [0.29, 0.717) is 23.2 Å². The number of amides is 1.